The van der Waals surface area contributed by atoms with Crippen molar-refractivity contribution in [3.63, 3.8) is 0 Å². The van der Waals surface area contributed by atoms with Gasteiger partial charge in [0.15, 0.2) is 14.7 Å². The largest absolute Gasteiger partial charge is 0.290 e. The van der Waals surface area contributed by atoms with E-state index in [1.54, 1.807) is 4.83 Å². The number of benzene rings is 1. The molecule has 1 aliphatic rings. The summed E-state index contributed by atoms with van der Waals surface area (Å²) in [6, 6.07) is 2.98. The zero-order valence-corrected chi connectivity index (χ0v) is 15.0. The molecule has 138 valence electrons. The summed E-state index contributed by atoms with van der Waals surface area (Å²) < 4.78 is 47.0. The van der Waals surface area contributed by atoms with Crippen LogP contribution in [0.4, 0.5) is 5.69 Å². The Balaban J connectivity index is 2.05. The number of nitrogens with one attached hydrogen (secondary N) is 2. The van der Waals surface area contributed by atoms with E-state index in [-0.39, 0.29) is 28.9 Å². The number of sulfonamides is 1. The van der Waals surface area contributed by atoms with E-state index in [0.29, 0.717) is 6.42 Å². The van der Waals surface area contributed by atoms with E-state index >= 15 is 0 Å². The molecule has 0 radical (unpaired) electrons. The zero-order valence-electron chi connectivity index (χ0n) is 12.6. The van der Waals surface area contributed by atoms with Gasteiger partial charge in [0.2, 0.25) is 5.91 Å². The average Bonchev–Trinajstić information content (AvgIpc) is 2.83. The highest BCUT2D eigenvalue weighted by Crippen LogP contribution is 2.27. The highest BCUT2D eigenvalue weighted by molar-refractivity contribution is 7.91. The van der Waals surface area contributed by atoms with Crippen molar-refractivity contribution in [1.29, 1.82) is 0 Å². The van der Waals surface area contributed by atoms with Gasteiger partial charge in [0, 0.05) is 17.5 Å². The van der Waals surface area contributed by atoms with E-state index in [4.69, 9.17) is 11.6 Å². The number of hydrogen-bond acceptors (Lipinski definition) is 7. The van der Waals surface area contributed by atoms with Crippen LogP contribution >= 0.6 is 11.6 Å². The Morgan fingerprint density at radius 2 is 2.08 bits per heavy atom. The van der Waals surface area contributed by atoms with Crippen molar-refractivity contribution in [2.45, 2.75) is 17.7 Å². The Labute approximate surface area is 148 Å². The van der Waals surface area contributed by atoms with Gasteiger partial charge in [-0.25, -0.2) is 16.8 Å². The van der Waals surface area contributed by atoms with E-state index < -0.39 is 41.3 Å². The number of hydrazine groups is 1. The molecule has 1 atom stereocenters. The van der Waals surface area contributed by atoms with Crippen molar-refractivity contribution >= 4 is 43.1 Å². The molecule has 13 heteroatoms. The van der Waals surface area contributed by atoms with Crippen LogP contribution in [0.25, 0.3) is 0 Å². The number of rotatable bonds is 6. The molecule has 1 aliphatic heterocycles. The summed E-state index contributed by atoms with van der Waals surface area (Å²) in [5.41, 5.74) is 1.19. The van der Waals surface area contributed by atoms with Gasteiger partial charge in [-0.05, 0) is 24.5 Å². The third kappa shape index (κ3) is 5.11. The van der Waals surface area contributed by atoms with Crippen molar-refractivity contribution in [3.8, 4) is 0 Å². The number of nitro benzene ring substituents is 1. The maximum absolute atomic E-state index is 12.1. The lowest BCUT2D eigenvalue weighted by Crippen LogP contribution is -2.42. The monoisotopic (exact) mass is 411 g/mol. The summed E-state index contributed by atoms with van der Waals surface area (Å²) in [6.45, 7) is 0. The maximum Gasteiger partial charge on any atom is 0.290 e. The first kappa shape index (κ1) is 19.6. The third-order valence-corrected chi connectivity index (χ3v) is 6.90. The highest BCUT2D eigenvalue weighted by atomic mass is 35.5. The third-order valence-electron chi connectivity index (χ3n) is 3.53. The van der Waals surface area contributed by atoms with Crippen molar-refractivity contribution in [2.75, 3.05) is 11.5 Å². The quantitative estimate of drug-likeness (QED) is 0.506. The van der Waals surface area contributed by atoms with Crippen LogP contribution in [-0.4, -0.2) is 39.2 Å². The molecule has 25 heavy (non-hydrogen) atoms. The first-order valence-corrected chi connectivity index (χ1v) is 10.6. The number of nitrogens with zero attached hydrogens (tertiary/aromatic N) is 1. The molecule has 0 bridgehead atoms. The molecule has 2 rings (SSSR count). The Hall–Kier alpha value is -1.76. The molecular weight excluding hydrogens is 398 g/mol. The minimum absolute atomic E-state index is 0.00631. The minimum atomic E-state index is -4.40. The summed E-state index contributed by atoms with van der Waals surface area (Å²) in [7, 11) is -7.56. The van der Waals surface area contributed by atoms with Gasteiger partial charge >= 0.3 is 0 Å². The van der Waals surface area contributed by atoms with Gasteiger partial charge in [0.1, 0.15) is 0 Å². The van der Waals surface area contributed by atoms with Crippen molar-refractivity contribution in [2.24, 2.45) is 5.92 Å². The molecule has 2 N–H and O–H groups in total. The van der Waals surface area contributed by atoms with Crippen LogP contribution in [0.3, 0.4) is 0 Å². The SMILES string of the molecule is O=C(CC1CCS(=O)(=O)C1)NNS(=O)(=O)c1ccc(Cl)cc1[N+](=O)[O-]. The number of halogens is 1. The molecule has 1 saturated heterocycles. The van der Waals surface area contributed by atoms with Gasteiger partial charge < -0.3 is 0 Å². The fourth-order valence-corrected chi connectivity index (χ4v) is 5.43. The molecule has 0 aliphatic carbocycles. The van der Waals surface area contributed by atoms with Crippen LogP contribution in [0.15, 0.2) is 23.1 Å². The molecule has 1 unspecified atom stereocenters. The van der Waals surface area contributed by atoms with Gasteiger partial charge in [-0.15, -0.1) is 4.83 Å². The molecule has 1 fully saturated rings. The van der Waals surface area contributed by atoms with Crippen molar-refractivity contribution < 1.29 is 26.6 Å². The molecule has 1 heterocycles. The van der Waals surface area contributed by atoms with Crippen LogP contribution in [-0.2, 0) is 24.7 Å². The number of hydrogen-bond donors (Lipinski definition) is 2. The van der Waals surface area contributed by atoms with Crippen LogP contribution in [0, 0.1) is 16.0 Å². The lowest BCUT2D eigenvalue weighted by Gasteiger charge is -2.11. The molecule has 1 aromatic carbocycles. The van der Waals surface area contributed by atoms with Crippen LogP contribution in [0.1, 0.15) is 12.8 Å². The van der Waals surface area contributed by atoms with Gasteiger partial charge in [0.25, 0.3) is 15.7 Å². The standard InChI is InChI=1S/C12H14ClN3O7S2/c13-9-1-2-11(10(6-9)16(18)19)25(22,23)15-14-12(17)5-8-3-4-24(20,21)7-8/h1-2,6,8,15H,3-5,7H2,(H,14,17). The van der Waals surface area contributed by atoms with Crippen LogP contribution < -0.4 is 10.3 Å². The van der Waals surface area contributed by atoms with Gasteiger partial charge in [-0.3, -0.25) is 20.3 Å². The smallest absolute Gasteiger partial charge is 0.278 e. The van der Waals surface area contributed by atoms with E-state index in [9.17, 15) is 31.7 Å². The number of carbonyl (C=O) groups is 1. The summed E-state index contributed by atoms with van der Waals surface area (Å²) in [5, 5.41) is 10.9. The maximum atomic E-state index is 12.1. The summed E-state index contributed by atoms with van der Waals surface area (Å²) in [6.07, 6.45) is 0.148. The van der Waals surface area contributed by atoms with Gasteiger partial charge in [-0.1, -0.05) is 11.6 Å². The fraction of sp³-hybridized carbons (Fsp3) is 0.417. The molecule has 0 aromatic heterocycles. The van der Waals surface area contributed by atoms with Gasteiger partial charge in [-0.2, -0.15) is 0 Å². The Morgan fingerprint density at radius 3 is 2.64 bits per heavy atom. The summed E-state index contributed by atoms with van der Waals surface area (Å²) >= 11 is 5.62. The predicted molar refractivity (Wildman–Crippen MR) is 87.9 cm³/mol. The predicted octanol–water partition coefficient (Wildman–Crippen LogP) is 0.383. The second-order valence-electron chi connectivity index (χ2n) is 5.50. The molecule has 0 spiro atoms. The Kier molecular flexibility index (Phi) is 5.66. The molecule has 1 aromatic rings. The lowest BCUT2D eigenvalue weighted by atomic mass is 10.1. The molecule has 0 saturated carbocycles. The van der Waals surface area contributed by atoms with Crippen molar-refractivity contribution in [1.82, 2.24) is 10.3 Å². The summed E-state index contributed by atoms with van der Waals surface area (Å²) in [5.74, 6) is -1.26. The number of sulfone groups is 1. The van der Waals surface area contributed by atoms with E-state index in [1.807, 2.05) is 5.43 Å². The van der Waals surface area contributed by atoms with Crippen molar-refractivity contribution in [3.05, 3.63) is 33.3 Å². The molecule has 10 nitrogen and oxygen atoms in total. The Morgan fingerprint density at radius 1 is 1.40 bits per heavy atom. The highest BCUT2D eigenvalue weighted by Gasteiger charge is 2.30. The second kappa shape index (κ2) is 7.23. The van der Waals surface area contributed by atoms with Crippen LogP contribution in [0.2, 0.25) is 5.02 Å². The molecule has 1 amide bonds. The first-order valence-electron chi connectivity index (χ1n) is 6.95. The van der Waals surface area contributed by atoms with E-state index in [2.05, 4.69) is 0 Å². The normalized spacial score (nSPS) is 19.5. The van der Waals surface area contributed by atoms with E-state index in [1.165, 1.54) is 0 Å². The van der Waals surface area contributed by atoms with Crippen LogP contribution in [0.5, 0.6) is 0 Å². The molecular formula is C12H14ClN3O7S2. The number of carbonyl (C=O) groups excluding carboxylic acids is 1. The Bertz CT molecular complexity index is 915. The average molecular weight is 412 g/mol. The topological polar surface area (TPSA) is 153 Å². The zero-order chi connectivity index (χ0) is 18.8. The second-order valence-corrected chi connectivity index (χ2v) is 9.81. The first-order chi connectivity index (χ1) is 11.5. The number of nitro groups is 1. The van der Waals surface area contributed by atoms with E-state index in [0.717, 1.165) is 18.2 Å². The minimum Gasteiger partial charge on any atom is -0.278 e. The number of amides is 1. The van der Waals surface area contributed by atoms with Gasteiger partial charge in [0.05, 0.1) is 16.4 Å². The lowest BCUT2D eigenvalue weighted by molar-refractivity contribution is -0.387. The summed E-state index contributed by atoms with van der Waals surface area (Å²) in [4.78, 5) is 22.9. The fourth-order valence-electron chi connectivity index (χ4n) is 2.39.